The Morgan fingerprint density at radius 2 is 2.04 bits per heavy atom. The fraction of sp³-hybridized carbons (Fsp3) is 0.300. The molecule has 2 aromatic carbocycles. The minimum atomic E-state index is -0.144. The number of hydrogen-bond acceptors (Lipinski definition) is 3. The zero-order valence-corrected chi connectivity index (χ0v) is 14.3. The Morgan fingerprint density at radius 1 is 1.20 bits per heavy atom. The van der Waals surface area contributed by atoms with Crippen LogP contribution in [0.3, 0.4) is 0 Å². The second-order valence-corrected chi connectivity index (χ2v) is 6.19. The summed E-state index contributed by atoms with van der Waals surface area (Å²) in [5, 5.41) is 5.74. The topological polar surface area (TPSA) is 67.4 Å². The summed E-state index contributed by atoms with van der Waals surface area (Å²) in [7, 11) is 0. The molecule has 5 heteroatoms. The van der Waals surface area contributed by atoms with Crippen LogP contribution in [0.4, 0.5) is 5.69 Å². The Bertz CT molecular complexity index is 786. The SMILES string of the molecule is Cc1ccccc1CCC(=O)NCCc1ccc2c(c1)NC(=O)CO2. The number of benzene rings is 2. The molecule has 0 aliphatic carbocycles. The average molecular weight is 338 g/mol. The standard InChI is InChI=1S/C20H22N2O3/c1-14-4-2-3-5-16(14)7-9-19(23)21-11-10-15-6-8-18-17(12-15)22-20(24)13-25-18/h2-6,8,12H,7,9-11,13H2,1H3,(H,21,23)(H,22,24). The molecule has 0 spiro atoms. The zero-order chi connectivity index (χ0) is 17.6. The number of aryl methyl sites for hydroxylation is 2. The molecule has 2 N–H and O–H groups in total. The van der Waals surface area contributed by atoms with E-state index in [0.29, 0.717) is 30.8 Å². The molecule has 0 fully saturated rings. The summed E-state index contributed by atoms with van der Waals surface area (Å²) in [6, 6.07) is 13.8. The molecule has 0 atom stereocenters. The van der Waals surface area contributed by atoms with Gasteiger partial charge < -0.3 is 15.4 Å². The zero-order valence-electron chi connectivity index (χ0n) is 14.3. The molecular formula is C20H22N2O3. The minimum absolute atomic E-state index is 0.0536. The number of hydrogen-bond donors (Lipinski definition) is 2. The highest BCUT2D eigenvalue weighted by molar-refractivity contribution is 5.95. The third-order valence-corrected chi connectivity index (χ3v) is 4.30. The van der Waals surface area contributed by atoms with Gasteiger partial charge in [-0.3, -0.25) is 9.59 Å². The van der Waals surface area contributed by atoms with Crippen LogP contribution in [0.5, 0.6) is 5.75 Å². The van der Waals surface area contributed by atoms with E-state index in [1.165, 1.54) is 11.1 Å². The summed E-state index contributed by atoms with van der Waals surface area (Å²) in [5.41, 5.74) is 4.17. The van der Waals surface area contributed by atoms with Crippen LogP contribution in [0.2, 0.25) is 0 Å². The van der Waals surface area contributed by atoms with Crippen molar-refractivity contribution in [1.29, 1.82) is 0 Å². The summed E-state index contributed by atoms with van der Waals surface area (Å²) in [6.45, 7) is 2.69. The highest BCUT2D eigenvalue weighted by Crippen LogP contribution is 2.28. The molecule has 25 heavy (non-hydrogen) atoms. The van der Waals surface area contributed by atoms with E-state index >= 15 is 0 Å². The molecule has 2 aromatic rings. The molecule has 1 heterocycles. The predicted molar refractivity (Wildman–Crippen MR) is 96.8 cm³/mol. The molecule has 0 saturated carbocycles. The van der Waals surface area contributed by atoms with Gasteiger partial charge in [0.15, 0.2) is 6.61 Å². The van der Waals surface area contributed by atoms with E-state index < -0.39 is 0 Å². The number of nitrogens with one attached hydrogen (secondary N) is 2. The Hall–Kier alpha value is -2.82. The van der Waals surface area contributed by atoms with Crippen LogP contribution in [-0.4, -0.2) is 25.0 Å². The lowest BCUT2D eigenvalue weighted by molar-refractivity contribution is -0.121. The summed E-state index contributed by atoms with van der Waals surface area (Å²) < 4.78 is 5.34. The molecule has 1 aliphatic rings. The van der Waals surface area contributed by atoms with Gasteiger partial charge in [0.05, 0.1) is 5.69 Å². The van der Waals surface area contributed by atoms with Crippen LogP contribution in [0, 0.1) is 6.92 Å². The van der Waals surface area contributed by atoms with Gasteiger partial charge in [-0.15, -0.1) is 0 Å². The second-order valence-electron chi connectivity index (χ2n) is 6.19. The molecule has 2 amide bonds. The monoisotopic (exact) mass is 338 g/mol. The summed E-state index contributed by atoms with van der Waals surface area (Å²) in [5.74, 6) is 0.595. The largest absolute Gasteiger partial charge is 0.482 e. The Labute approximate surface area is 147 Å². The lowest BCUT2D eigenvalue weighted by atomic mass is 10.0. The van der Waals surface area contributed by atoms with Gasteiger partial charge in [0, 0.05) is 13.0 Å². The third-order valence-electron chi connectivity index (χ3n) is 4.30. The average Bonchev–Trinajstić information content (AvgIpc) is 2.60. The van der Waals surface area contributed by atoms with Crippen molar-refractivity contribution < 1.29 is 14.3 Å². The number of anilines is 1. The first-order valence-corrected chi connectivity index (χ1v) is 8.48. The summed E-state index contributed by atoms with van der Waals surface area (Å²) >= 11 is 0. The lowest BCUT2D eigenvalue weighted by Crippen LogP contribution is -2.27. The van der Waals surface area contributed by atoms with Gasteiger partial charge >= 0.3 is 0 Å². The van der Waals surface area contributed by atoms with E-state index in [1.54, 1.807) is 0 Å². The van der Waals surface area contributed by atoms with Crippen LogP contribution in [0.15, 0.2) is 42.5 Å². The van der Waals surface area contributed by atoms with Crippen molar-refractivity contribution in [1.82, 2.24) is 5.32 Å². The van der Waals surface area contributed by atoms with Gasteiger partial charge in [-0.05, 0) is 48.6 Å². The van der Waals surface area contributed by atoms with Crippen molar-refractivity contribution >= 4 is 17.5 Å². The number of amides is 2. The van der Waals surface area contributed by atoms with E-state index in [1.807, 2.05) is 30.3 Å². The molecule has 0 bridgehead atoms. The maximum atomic E-state index is 12.0. The van der Waals surface area contributed by atoms with Crippen molar-refractivity contribution in [2.45, 2.75) is 26.2 Å². The van der Waals surface area contributed by atoms with Gasteiger partial charge in [-0.2, -0.15) is 0 Å². The van der Waals surface area contributed by atoms with Gasteiger partial charge in [-0.1, -0.05) is 30.3 Å². The van der Waals surface area contributed by atoms with Gasteiger partial charge in [0.25, 0.3) is 5.91 Å². The number of carbonyl (C=O) groups is 2. The quantitative estimate of drug-likeness (QED) is 0.851. The molecule has 0 aromatic heterocycles. The second kappa shape index (κ2) is 7.83. The van der Waals surface area contributed by atoms with Gasteiger partial charge in [-0.25, -0.2) is 0 Å². The number of fused-ring (bicyclic) bond motifs is 1. The first-order chi connectivity index (χ1) is 12.1. The van der Waals surface area contributed by atoms with E-state index in [9.17, 15) is 9.59 Å². The third kappa shape index (κ3) is 4.59. The van der Waals surface area contributed by atoms with Crippen molar-refractivity contribution in [3.8, 4) is 5.75 Å². The maximum Gasteiger partial charge on any atom is 0.262 e. The molecule has 0 unspecified atom stereocenters. The molecule has 3 rings (SSSR count). The molecule has 1 aliphatic heterocycles. The van der Waals surface area contributed by atoms with Crippen LogP contribution in [0.1, 0.15) is 23.1 Å². The first kappa shape index (κ1) is 17.0. The minimum Gasteiger partial charge on any atom is -0.482 e. The smallest absolute Gasteiger partial charge is 0.262 e. The molecular weight excluding hydrogens is 316 g/mol. The van der Waals surface area contributed by atoms with Crippen LogP contribution in [0.25, 0.3) is 0 Å². The lowest BCUT2D eigenvalue weighted by Gasteiger charge is -2.18. The number of rotatable bonds is 6. The van der Waals surface area contributed by atoms with Crippen molar-refractivity contribution in [2.24, 2.45) is 0 Å². The van der Waals surface area contributed by atoms with Gasteiger partial charge in [0.2, 0.25) is 5.91 Å². The summed E-state index contributed by atoms with van der Waals surface area (Å²) in [6.07, 6.45) is 1.94. The Kier molecular flexibility index (Phi) is 5.33. The normalized spacial score (nSPS) is 12.8. The van der Waals surface area contributed by atoms with Crippen molar-refractivity contribution in [3.05, 3.63) is 59.2 Å². The number of ether oxygens (including phenoxy) is 1. The molecule has 0 radical (unpaired) electrons. The highest BCUT2D eigenvalue weighted by atomic mass is 16.5. The van der Waals surface area contributed by atoms with E-state index in [2.05, 4.69) is 29.7 Å². The van der Waals surface area contributed by atoms with E-state index in [-0.39, 0.29) is 18.4 Å². The predicted octanol–water partition coefficient (Wildman–Crippen LogP) is 2.62. The van der Waals surface area contributed by atoms with Crippen molar-refractivity contribution in [3.63, 3.8) is 0 Å². The Morgan fingerprint density at radius 3 is 2.88 bits per heavy atom. The van der Waals surface area contributed by atoms with Crippen LogP contribution in [-0.2, 0) is 22.4 Å². The molecule has 130 valence electrons. The molecule has 0 saturated heterocycles. The molecule has 5 nitrogen and oxygen atoms in total. The summed E-state index contributed by atoms with van der Waals surface area (Å²) in [4.78, 5) is 23.4. The van der Waals surface area contributed by atoms with Crippen LogP contribution >= 0.6 is 0 Å². The fourth-order valence-corrected chi connectivity index (χ4v) is 2.86. The van der Waals surface area contributed by atoms with Crippen LogP contribution < -0.4 is 15.4 Å². The Balaban J connectivity index is 1.45. The fourth-order valence-electron chi connectivity index (χ4n) is 2.86. The number of carbonyl (C=O) groups excluding carboxylic acids is 2. The van der Waals surface area contributed by atoms with E-state index in [4.69, 9.17) is 4.74 Å². The van der Waals surface area contributed by atoms with Crippen molar-refractivity contribution in [2.75, 3.05) is 18.5 Å². The highest BCUT2D eigenvalue weighted by Gasteiger charge is 2.15. The maximum absolute atomic E-state index is 12.0. The van der Waals surface area contributed by atoms with E-state index in [0.717, 1.165) is 12.0 Å². The van der Waals surface area contributed by atoms with Gasteiger partial charge in [0.1, 0.15) is 5.75 Å². The first-order valence-electron chi connectivity index (χ1n) is 8.48.